The van der Waals surface area contributed by atoms with Crippen molar-refractivity contribution >= 4 is 0 Å². The van der Waals surface area contributed by atoms with Crippen molar-refractivity contribution in [3.05, 3.63) is 35.4 Å². The van der Waals surface area contributed by atoms with Crippen molar-refractivity contribution in [2.75, 3.05) is 19.7 Å². The molecule has 3 rings (SSSR count). The van der Waals surface area contributed by atoms with Gasteiger partial charge in [-0.1, -0.05) is 24.3 Å². The SMILES string of the molecule is CC1(OCC2CCCc3ccccc32)CCCNC1. The van der Waals surface area contributed by atoms with Gasteiger partial charge in [-0.2, -0.15) is 0 Å². The van der Waals surface area contributed by atoms with E-state index in [1.54, 1.807) is 0 Å². The number of hydrogen-bond donors (Lipinski definition) is 1. The van der Waals surface area contributed by atoms with Gasteiger partial charge in [-0.3, -0.25) is 0 Å². The number of nitrogens with one attached hydrogen (secondary N) is 1. The van der Waals surface area contributed by atoms with Crippen molar-refractivity contribution in [1.29, 1.82) is 0 Å². The van der Waals surface area contributed by atoms with E-state index in [-0.39, 0.29) is 5.60 Å². The predicted octanol–water partition coefficient (Wildman–Crippen LogP) is 3.27. The van der Waals surface area contributed by atoms with Gasteiger partial charge >= 0.3 is 0 Å². The van der Waals surface area contributed by atoms with E-state index in [0.717, 1.165) is 19.7 Å². The maximum atomic E-state index is 6.30. The molecule has 0 spiro atoms. The van der Waals surface area contributed by atoms with Crippen LogP contribution >= 0.6 is 0 Å². The molecule has 1 fully saturated rings. The molecule has 1 aromatic rings. The Balaban J connectivity index is 1.64. The lowest BCUT2D eigenvalue weighted by Crippen LogP contribution is -2.46. The van der Waals surface area contributed by atoms with Gasteiger partial charge in [-0.15, -0.1) is 0 Å². The first-order valence-electron chi connectivity index (χ1n) is 7.69. The summed E-state index contributed by atoms with van der Waals surface area (Å²) in [6, 6.07) is 8.91. The zero-order valence-electron chi connectivity index (χ0n) is 12.0. The molecule has 1 aromatic carbocycles. The van der Waals surface area contributed by atoms with Crippen LogP contribution in [0.4, 0.5) is 0 Å². The fourth-order valence-corrected chi connectivity index (χ4v) is 3.48. The van der Waals surface area contributed by atoms with Crippen molar-refractivity contribution in [2.24, 2.45) is 0 Å². The highest BCUT2D eigenvalue weighted by Crippen LogP contribution is 2.33. The van der Waals surface area contributed by atoms with Crippen LogP contribution in [0.3, 0.4) is 0 Å². The average Bonchev–Trinajstić information content (AvgIpc) is 2.46. The third-order valence-corrected chi connectivity index (χ3v) is 4.68. The maximum Gasteiger partial charge on any atom is 0.0779 e. The van der Waals surface area contributed by atoms with E-state index in [4.69, 9.17) is 4.74 Å². The Morgan fingerprint density at radius 3 is 3.05 bits per heavy atom. The lowest BCUT2D eigenvalue weighted by atomic mass is 9.83. The van der Waals surface area contributed by atoms with E-state index in [9.17, 15) is 0 Å². The summed E-state index contributed by atoms with van der Waals surface area (Å²) in [5.41, 5.74) is 3.11. The number of hydrogen-bond acceptors (Lipinski definition) is 2. The molecule has 1 N–H and O–H groups in total. The quantitative estimate of drug-likeness (QED) is 0.899. The smallest absolute Gasteiger partial charge is 0.0779 e. The van der Waals surface area contributed by atoms with Crippen LogP contribution in [0.15, 0.2) is 24.3 Å². The van der Waals surface area contributed by atoms with E-state index in [2.05, 4.69) is 36.5 Å². The summed E-state index contributed by atoms with van der Waals surface area (Å²) in [7, 11) is 0. The molecular formula is C17H25NO. The van der Waals surface area contributed by atoms with E-state index in [0.29, 0.717) is 5.92 Å². The number of piperidine rings is 1. The second-order valence-corrected chi connectivity index (χ2v) is 6.33. The molecule has 0 amide bonds. The molecule has 2 heteroatoms. The third kappa shape index (κ3) is 3.01. The van der Waals surface area contributed by atoms with Crippen LogP contribution in [0.5, 0.6) is 0 Å². The Morgan fingerprint density at radius 1 is 1.32 bits per heavy atom. The molecule has 1 heterocycles. The van der Waals surface area contributed by atoms with Crippen molar-refractivity contribution in [3.8, 4) is 0 Å². The Kier molecular flexibility index (Phi) is 3.90. The standard InChI is InChI=1S/C17H25NO/c1-17(10-5-11-18-13-17)19-12-15-8-4-7-14-6-2-3-9-16(14)15/h2-3,6,9,15,18H,4-5,7-8,10-13H2,1H3. The second kappa shape index (κ2) is 5.64. The Hall–Kier alpha value is -0.860. The van der Waals surface area contributed by atoms with Gasteiger partial charge < -0.3 is 10.1 Å². The van der Waals surface area contributed by atoms with E-state index < -0.39 is 0 Å². The molecule has 0 saturated carbocycles. The summed E-state index contributed by atoms with van der Waals surface area (Å²) in [4.78, 5) is 0. The van der Waals surface area contributed by atoms with Gasteiger partial charge in [0.25, 0.3) is 0 Å². The lowest BCUT2D eigenvalue weighted by Gasteiger charge is -2.36. The van der Waals surface area contributed by atoms with Crippen LogP contribution in [0.2, 0.25) is 0 Å². The number of aryl methyl sites for hydroxylation is 1. The molecule has 1 saturated heterocycles. The summed E-state index contributed by atoms with van der Waals surface area (Å²) in [6.07, 6.45) is 6.25. The highest BCUT2D eigenvalue weighted by Gasteiger charge is 2.29. The molecule has 104 valence electrons. The number of benzene rings is 1. The summed E-state index contributed by atoms with van der Waals surface area (Å²) in [5, 5.41) is 3.46. The minimum Gasteiger partial charge on any atom is -0.373 e. The van der Waals surface area contributed by atoms with Crippen molar-refractivity contribution in [2.45, 2.75) is 50.5 Å². The Bertz CT molecular complexity index is 423. The Labute approximate surface area is 116 Å². The minimum absolute atomic E-state index is 0.0463. The van der Waals surface area contributed by atoms with Crippen LogP contribution in [-0.2, 0) is 11.2 Å². The molecule has 2 atom stereocenters. The first-order chi connectivity index (χ1) is 9.27. The molecule has 2 unspecified atom stereocenters. The van der Waals surface area contributed by atoms with Crippen LogP contribution in [0.25, 0.3) is 0 Å². The van der Waals surface area contributed by atoms with Crippen LogP contribution in [0, 0.1) is 0 Å². The van der Waals surface area contributed by atoms with Crippen molar-refractivity contribution in [3.63, 3.8) is 0 Å². The summed E-state index contributed by atoms with van der Waals surface area (Å²) < 4.78 is 6.30. The van der Waals surface area contributed by atoms with Gasteiger partial charge in [0.1, 0.15) is 0 Å². The minimum atomic E-state index is 0.0463. The van der Waals surface area contributed by atoms with Crippen LogP contribution in [0.1, 0.15) is 49.7 Å². The monoisotopic (exact) mass is 259 g/mol. The van der Waals surface area contributed by atoms with Crippen LogP contribution < -0.4 is 5.32 Å². The zero-order chi connectivity index (χ0) is 13.1. The fraction of sp³-hybridized carbons (Fsp3) is 0.647. The third-order valence-electron chi connectivity index (χ3n) is 4.68. The second-order valence-electron chi connectivity index (χ2n) is 6.33. The van der Waals surface area contributed by atoms with E-state index in [1.807, 2.05) is 0 Å². The maximum absolute atomic E-state index is 6.30. The molecule has 0 radical (unpaired) electrons. The summed E-state index contributed by atoms with van der Waals surface area (Å²) >= 11 is 0. The van der Waals surface area contributed by atoms with Gasteiger partial charge in [0.05, 0.1) is 12.2 Å². The number of ether oxygens (including phenoxy) is 1. The zero-order valence-corrected chi connectivity index (χ0v) is 12.0. The molecular weight excluding hydrogens is 234 g/mol. The number of fused-ring (bicyclic) bond motifs is 1. The van der Waals surface area contributed by atoms with Gasteiger partial charge in [0.15, 0.2) is 0 Å². The summed E-state index contributed by atoms with van der Waals surface area (Å²) in [5.74, 6) is 0.601. The van der Waals surface area contributed by atoms with Gasteiger partial charge in [-0.25, -0.2) is 0 Å². The molecule has 1 aliphatic carbocycles. The molecule has 0 aromatic heterocycles. The molecule has 2 aliphatic rings. The fourth-order valence-electron chi connectivity index (χ4n) is 3.48. The summed E-state index contributed by atoms with van der Waals surface area (Å²) in [6.45, 7) is 5.29. The molecule has 1 aliphatic heterocycles. The average molecular weight is 259 g/mol. The first kappa shape index (κ1) is 13.1. The molecule has 0 bridgehead atoms. The molecule has 19 heavy (non-hydrogen) atoms. The topological polar surface area (TPSA) is 21.3 Å². The molecule has 2 nitrogen and oxygen atoms in total. The highest BCUT2D eigenvalue weighted by molar-refractivity contribution is 5.32. The van der Waals surface area contributed by atoms with E-state index in [1.165, 1.54) is 43.2 Å². The largest absolute Gasteiger partial charge is 0.373 e. The van der Waals surface area contributed by atoms with Crippen molar-refractivity contribution in [1.82, 2.24) is 5.32 Å². The lowest BCUT2D eigenvalue weighted by molar-refractivity contribution is -0.0539. The predicted molar refractivity (Wildman–Crippen MR) is 78.6 cm³/mol. The van der Waals surface area contributed by atoms with E-state index >= 15 is 0 Å². The highest BCUT2D eigenvalue weighted by atomic mass is 16.5. The van der Waals surface area contributed by atoms with Crippen LogP contribution in [-0.4, -0.2) is 25.3 Å². The van der Waals surface area contributed by atoms with Crippen molar-refractivity contribution < 1.29 is 4.74 Å². The van der Waals surface area contributed by atoms with Gasteiger partial charge in [-0.05, 0) is 56.7 Å². The normalized spacial score (nSPS) is 30.9. The Morgan fingerprint density at radius 2 is 2.21 bits per heavy atom. The number of rotatable bonds is 3. The van der Waals surface area contributed by atoms with Gasteiger partial charge in [0.2, 0.25) is 0 Å². The first-order valence-corrected chi connectivity index (χ1v) is 7.69. The van der Waals surface area contributed by atoms with Gasteiger partial charge in [0, 0.05) is 12.5 Å².